The highest BCUT2D eigenvalue weighted by Gasteiger charge is 2.40. The third-order valence-electron chi connectivity index (χ3n) is 3.52. The van der Waals surface area contributed by atoms with Crippen LogP contribution in [-0.4, -0.2) is 38.0 Å². The third-order valence-corrected chi connectivity index (χ3v) is 7.24. The molecule has 0 amide bonds. The van der Waals surface area contributed by atoms with Gasteiger partial charge in [0.2, 0.25) is 0 Å². The van der Waals surface area contributed by atoms with Crippen LogP contribution in [0.5, 0.6) is 0 Å². The Kier molecular flexibility index (Phi) is 2.66. The van der Waals surface area contributed by atoms with Gasteiger partial charge in [-0.25, -0.2) is 0 Å². The van der Waals surface area contributed by atoms with Crippen LogP contribution in [0.15, 0.2) is 0 Å². The Bertz CT molecular complexity index is 242. The van der Waals surface area contributed by atoms with Crippen molar-refractivity contribution < 1.29 is 9.53 Å². The summed E-state index contributed by atoms with van der Waals surface area (Å²) in [7, 11) is -1.16. The molecule has 2 fully saturated rings. The van der Waals surface area contributed by atoms with Gasteiger partial charge in [0.05, 0.1) is 13.0 Å². The van der Waals surface area contributed by atoms with Crippen LogP contribution in [0.1, 0.15) is 19.3 Å². The van der Waals surface area contributed by atoms with Crippen LogP contribution >= 0.6 is 0 Å². The number of carbonyl (C=O) groups excluding carboxylic acids is 1. The van der Waals surface area contributed by atoms with Gasteiger partial charge in [-0.2, -0.15) is 0 Å². The summed E-state index contributed by atoms with van der Waals surface area (Å²) in [6, 6.07) is 1.87. The molecular weight excluding hydrogens is 194 g/mol. The fraction of sp³-hybridized carbons (Fsp3) is 0.900. The van der Waals surface area contributed by atoms with Crippen molar-refractivity contribution in [1.82, 2.24) is 4.57 Å². The van der Waals surface area contributed by atoms with E-state index >= 15 is 0 Å². The molecule has 4 heteroatoms. The lowest BCUT2D eigenvalue weighted by atomic mass is 10.1. The van der Waals surface area contributed by atoms with Crippen molar-refractivity contribution in [3.8, 4) is 0 Å². The molecule has 0 aromatic rings. The molecule has 0 aromatic heterocycles. The molecular formula is C10H19NO2Si. The van der Waals surface area contributed by atoms with E-state index in [0.29, 0.717) is 19.1 Å². The lowest BCUT2D eigenvalue weighted by Crippen LogP contribution is -2.51. The number of ether oxygens (including phenoxy) is 1. The smallest absolute Gasteiger partial charge is 0.307 e. The highest BCUT2D eigenvalue weighted by molar-refractivity contribution is 6.75. The Morgan fingerprint density at radius 2 is 2.29 bits per heavy atom. The molecule has 0 spiro atoms. The van der Waals surface area contributed by atoms with Crippen LogP contribution in [0.4, 0.5) is 0 Å². The van der Waals surface area contributed by atoms with Crippen molar-refractivity contribution in [2.75, 3.05) is 13.2 Å². The maximum absolute atomic E-state index is 11.2. The van der Waals surface area contributed by atoms with E-state index in [-0.39, 0.29) is 5.97 Å². The summed E-state index contributed by atoms with van der Waals surface area (Å²) in [6.45, 7) is 6.67. The van der Waals surface area contributed by atoms with E-state index in [9.17, 15) is 4.79 Å². The van der Waals surface area contributed by atoms with Crippen molar-refractivity contribution in [2.45, 2.75) is 44.4 Å². The van der Waals surface area contributed by atoms with E-state index in [1.165, 1.54) is 19.0 Å². The predicted octanol–water partition coefficient (Wildman–Crippen LogP) is 1.60. The van der Waals surface area contributed by atoms with Gasteiger partial charge in [0.25, 0.3) is 0 Å². The van der Waals surface area contributed by atoms with E-state index < -0.39 is 8.24 Å². The number of nitrogens with zero attached hydrogens (tertiary/aromatic N) is 1. The molecule has 1 atom stereocenters. The second kappa shape index (κ2) is 3.66. The third kappa shape index (κ3) is 1.86. The van der Waals surface area contributed by atoms with Gasteiger partial charge in [0.15, 0.2) is 0 Å². The average molecular weight is 213 g/mol. The molecule has 14 heavy (non-hydrogen) atoms. The number of cyclic esters (lactones) is 1. The number of esters is 1. The van der Waals surface area contributed by atoms with E-state index in [1.54, 1.807) is 0 Å². The summed E-state index contributed by atoms with van der Waals surface area (Å²) in [5.74, 6) is -0.00190. The van der Waals surface area contributed by atoms with E-state index in [0.717, 1.165) is 6.42 Å². The number of carbonyl (C=O) groups is 1. The summed E-state index contributed by atoms with van der Waals surface area (Å²) >= 11 is 0. The van der Waals surface area contributed by atoms with Gasteiger partial charge in [0.1, 0.15) is 8.24 Å². The minimum Gasteiger partial charge on any atom is -0.466 e. The minimum atomic E-state index is -1.16. The lowest BCUT2D eigenvalue weighted by Gasteiger charge is -2.38. The fourth-order valence-electron chi connectivity index (χ4n) is 2.73. The lowest BCUT2D eigenvalue weighted by molar-refractivity contribution is -0.148. The molecule has 0 aromatic carbocycles. The van der Waals surface area contributed by atoms with Crippen LogP contribution in [0.2, 0.25) is 19.1 Å². The van der Waals surface area contributed by atoms with Crippen LogP contribution in [0.3, 0.4) is 0 Å². The van der Waals surface area contributed by atoms with Crippen LogP contribution in [0.25, 0.3) is 0 Å². The molecule has 0 radical (unpaired) electrons. The first-order valence-electron chi connectivity index (χ1n) is 5.52. The molecule has 2 aliphatic rings. The quantitative estimate of drug-likeness (QED) is 0.489. The van der Waals surface area contributed by atoms with Crippen LogP contribution in [-0.2, 0) is 9.53 Å². The largest absolute Gasteiger partial charge is 0.466 e. The van der Waals surface area contributed by atoms with Gasteiger partial charge in [-0.05, 0) is 25.4 Å². The first-order valence-corrected chi connectivity index (χ1v) is 8.67. The fourth-order valence-corrected chi connectivity index (χ4v) is 6.02. The highest BCUT2D eigenvalue weighted by Crippen LogP contribution is 2.31. The first kappa shape index (κ1) is 10.2. The van der Waals surface area contributed by atoms with Crippen molar-refractivity contribution in [2.24, 2.45) is 0 Å². The van der Waals surface area contributed by atoms with Gasteiger partial charge in [-0.15, -0.1) is 0 Å². The average Bonchev–Trinajstić information content (AvgIpc) is 2.45. The zero-order valence-corrected chi connectivity index (χ0v) is 10.1. The van der Waals surface area contributed by atoms with Gasteiger partial charge in [-0.1, -0.05) is 13.1 Å². The molecule has 80 valence electrons. The monoisotopic (exact) mass is 213 g/mol. The topological polar surface area (TPSA) is 29.5 Å². The zero-order valence-electron chi connectivity index (χ0n) is 9.08. The Balaban J connectivity index is 2.03. The van der Waals surface area contributed by atoms with Gasteiger partial charge in [0, 0.05) is 6.04 Å². The molecule has 2 saturated heterocycles. The van der Waals surface area contributed by atoms with Crippen molar-refractivity contribution >= 4 is 14.2 Å². The molecule has 1 unspecified atom stereocenters. The first-order chi connectivity index (χ1) is 6.59. The summed E-state index contributed by atoms with van der Waals surface area (Å²) in [5.41, 5.74) is 0. The van der Waals surface area contributed by atoms with Crippen LogP contribution in [0, 0.1) is 0 Å². The zero-order chi connectivity index (χ0) is 10.2. The number of hydrogen-bond acceptors (Lipinski definition) is 3. The summed E-state index contributed by atoms with van der Waals surface area (Å²) in [4.78, 5) is 11.2. The highest BCUT2D eigenvalue weighted by atomic mass is 28.3. The van der Waals surface area contributed by atoms with E-state index in [1.807, 2.05) is 0 Å². The number of rotatable bonds is 1. The maximum Gasteiger partial charge on any atom is 0.307 e. The molecule has 0 saturated carbocycles. The predicted molar refractivity (Wildman–Crippen MR) is 57.6 cm³/mol. The molecule has 0 aliphatic carbocycles. The summed E-state index contributed by atoms with van der Waals surface area (Å²) in [6.07, 6.45) is 2.99. The summed E-state index contributed by atoms with van der Waals surface area (Å²) < 4.78 is 7.62. The second-order valence-electron chi connectivity index (χ2n) is 4.98. The maximum atomic E-state index is 11.2. The molecule has 3 nitrogen and oxygen atoms in total. The Hall–Kier alpha value is -0.353. The standard InChI is InChI=1S/C10H19NO2Si/c1-14(2)7-3-5-11(14)9-4-6-13-10(12)8-9/h9H,3-8H2,1-2H3. The Labute approximate surface area is 86.5 Å². The molecule has 0 N–H and O–H groups in total. The molecule has 2 rings (SSSR count). The van der Waals surface area contributed by atoms with Gasteiger partial charge < -0.3 is 9.30 Å². The molecule has 0 bridgehead atoms. The van der Waals surface area contributed by atoms with Gasteiger partial charge in [-0.3, -0.25) is 4.79 Å². The van der Waals surface area contributed by atoms with Crippen molar-refractivity contribution in [3.05, 3.63) is 0 Å². The Morgan fingerprint density at radius 1 is 1.50 bits per heavy atom. The second-order valence-corrected chi connectivity index (χ2v) is 9.68. The minimum absolute atomic E-state index is 0.00190. The molecule has 2 aliphatic heterocycles. The SMILES string of the molecule is C[Si]1(C)CCCN1C1CCOC(=O)C1. The van der Waals surface area contributed by atoms with E-state index in [2.05, 4.69) is 17.7 Å². The molecule has 2 heterocycles. The van der Waals surface area contributed by atoms with E-state index in [4.69, 9.17) is 4.74 Å². The van der Waals surface area contributed by atoms with Crippen molar-refractivity contribution in [1.29, 1.82) is 0 Å². The number of hydrogen-bond donors (Lipinski definition) is 0. The van der Waals surface area contributed by atoms with Gasteiger partial charge >= 0.3 is 5.97 Å². The van der Waals surface area contributed by atoms with Crippen LogP contribution < -0.4 is 0 Å². The van der Waals surface area contributed by atoms with Crippen molar-refractivity contribution in [3.63, 3.8) is 0 Å². The normalized spacial score (nSPS) is 33.0. The summed E-state index contributed by atoms with van der Waals surface area (Å²) in [5, 5.41) is 0. The Morgan fingerprint density at radius 3 is 2.86 bits per heavy atom.